The van der Waals surface area contributed by atoms with Gasteiger partial charge in [0.1, 0.15) is 11.9 Å². The van der Waals surface area contributed by atoms with Crippen LogP contribution in [0.2, 0.25) is 0 Å². The van der Waals surface area contributed by atoms with E-state index in [1.807, 2.05) is 13.1 Å². The first-order valence-corrected chi connectivity index (χ1v) is 12.9. The highest BCUT2D eigenvalue weighted by atomic mass is 16.4. The van der Waals surface area contributed by atoms with Crippen molar-refractivity contribution < 1.29 is 14.7 Å². The third-order valence-corrected chi connectivity index (χ3v) is 7.50. The van der Waals surface area contributed by atoms with Gasteiger partial charge in [-0.1, -0.05) is 12.1 Å². The fourth-order valence-corrected chi connectivity index (χ4v) is 5.39. The normalized spacial score (nSPS) is 18.5. The fraction of sp³-hybridized carbons (Fsp3) is 0.481. The van der Waals surface area contributed by atoms with Crippen molar-refractivity contribution in [3.8, 4) is 0 Å². The number of carbonyl (C=O) groups excluding carboxylic acids is 1. The Hall–Kier alpha value is -3.46. The number of fused-ring (bicyclic) bond motifs is 2. The van der Waals surface area contributed by atoms with Crippen molar-refractivity contribution in [2.24, 2.45) is 13.0 Å². The first-order chi connectivity index (χ1) is 17.5. The number of hydrogen-bond donors (Lipinski definition) is 3. The van der Waals surface area contributed by atoms with Crippen molar-refractivity contribution in [1.29, 1.82) is 0 Å². The molecule has 9 nitrogen and oxygen atoms in total. The van der Waals surface area contributed by atoms with Gasteiger partial charge in [0.15, 0.2) is 0 Å². The van der Waals surface area contributed by atoms with Gasteiger partial charge in [0.2, 0.25) is 0 Å². The summed E-state index contributed by atoms with van der Waals surface area (Å²) < 4.78 is 1.70. The van der Waals surface area contributed by atoms with Crippen LogP contribution in [0, 0.1) is 5.92 Å². The van der Waals surface area contributed by atoms with Crippen LogP contribution in [0.3, 0.4) is 0 Å². The first kappa shape index (κ1) is 24.2. The Morgan fingerprint density at radius 1 is 1.28 bits per heavy atom. The Morgan fingerprint density at radius 3 is 3.03 bits per heavy atom. The van der Waals surface area contributed by atoms with E-state index in [9.17, 15) is 14.7 Å². The standard InChI is InChI=1S/C27H34N6O3/c1-32-24-6-2-5-21(22(24)16-29-32)26(34)31-23(27(35)36)12-15-33-14-11-18(17-33)7-9-20-10-8-19-4-3-13-28-25(19)30-20/h2,5-6,8,10,16,18,23H,3-4,7,9,11-15,17H2,1H3,(H,28,30)(H,31,34)(H,35,36)/t18?,23-/m0/s1. The van der Waals surface area contributed by atoms with Gasteiger partial charge in [-0.2, -0.15) is 5.10 Å². The van der Waals surface area contributed by atoms with E-state index in [0.29, 0.717) is 29.8 Å². The predicted molar refractivity (Wildman–Crippen MR) is 138 cm³/mol. The second kappa shape index (κ2) is 10.7. The van der Waals surface area contributed by atoms with E-state index >= 15 is 0 Å². The van der Waals surface area contributed by atoms with Gasteiger partial charge in [0, 0.05) is 37.8 Å². The Labute approximate surface area is 210 Å². The Balaban J connectivity index is 1.11. The minimum Gasteiger partial charge on any atom is -0.480 e. The second-order valence-electron chi connectivity index (χ2n) is 9.99. The zero-order valence-corrected chi connectivity index (χ0v) is 20.7. The van der Waals surface area contributed by atoms with Crippen molar-refractivity contribution >= 4 is 28.6 Å². The summed E-state index contributed by atoms with van der Waals surface area (Å²) in [4.78, 5) is 31.9. The van der Waals surface area contributed by atoms with Gasteiger partial charge in [-0.3, -0.25) is 9.48 Å². The van der Waals surface area contributed by atoms with Crippen LogP contribution in [-0.4, -0.2) is 68.9 Å². The molecule has 1 aromatic carbocycles. The number of pyridine rings is 1. The third kappa shape index (κ3) is 5.36. The number of amides is 1. The lowest BCUT2D eigenvalue weighted by molar-refractivity contribution is -0.139. The van der Waals surface area contributed by atoms with Gasteiger partial charge >= 0.3 is 5.97 Å². The molecule has 0 saturated carbocycles. The molecule has 2 aromatic heterocycles. The highest BCUT2D eigenvalue weighted by Gasteiger charge is 2.26. The molecule has 9 heteroatoms. The summed E-state index contributed by atoms with van der Waals surface area (Å²) in [5, 5.41) is 20.8. The summed E-state index contributed by atoms with van der Waals surface area (Å²) in [7, 11) is 1.81. The lowest BCUT2D eigenvalue weighted by Gasteiger charge is -2.20. The van der Waals surface area contributed by atoms with Gasteiger partial charge in [-0.15, -0.1) is 0 Å². The number of aryl methyl sites for hydroxylation is 3. The minimum absolute atomic E-state index is 0.370. The van der Waals surface area contributed by atoms with Gasteiger partial charge in [-0.25, -0.2) is 9.78 Å². The van der Waals surface area contributed by atoms with Crippen molar-refractivity contribution in [3.05, 3.63) is 53.3 Å². The molecule has 0 aliphatic carbocycles. The number of nitrogens with one attached hydrogen (secondary N) is 2. The van der Waals surface area contributed by atoms with Crippen LogP contribution in [0.1, 0.15) is 47.3 Å². The molecule has 0 bridgehead atoms. The molecule has 1 fully saturated rings. The zero-order chi connectivity index (χ0) is 25.1. The lowest BCUT2D eigenvalue weighted by Crippen LogP contribution is -2.43. The number of carboxylic acid groups (broad SMARTS) is 1. The smallest absolute Gasteiger partial charge is 0.326 e. The van der Waals surface area contributed by atoms with Crippen LogP contribution in [0.15, 0.2) is 36.5 Å². The van der Waals surface area contributed by atoms with Crippen molar-refractivity contribution in [2.75, 3.05) is 31.5 Å². The highest BCUT2D eigenvalue weighted by Crippen LogP contribution is 2.24. The van der Waals surface area contributed by atoms with E-state index in [1.165, 1.54) is 12.0 Å². The molecule has 3 aromatic rings. The van der Waals surface area contributed by atoms with E-state index in [1.54, 1.807) is 23.0 Å². The molecule has 1 saturated heterocycles. The number of benzene rings is 1. The zero-order valence-electron chi connectivity index (χ0n) is 20.7. The van der Waals surface area contributed by atoms with E-state index in [-0.39, 0.29) is 5.91 Å². The van der Waals surface area contributed by atoms with E-state index < -0.39 is 12.0 Å². The minimum atomic E-state index is -1.01. The van der Waals surface area contributed by atoms with Crippen LogP contribution >= 0.6 is 0 Å². The molecule has 36 heavy (non-hydrogen) atoms. The number of likely N-dealkylation sites (tertiary alicyclic amines) is 1. The van der Waals surface area contributed by atoms with E-state index in [2.05, 4.69) is 32.8 Å². The van der Waals surface area contributed by atoms with Crippen LogP contribution in [-0.2, 0) is 24.7 Å². The number of hydrogen-bond acceptors (Lipinski definition) is 6. The van der Waals surface area contributed by atoms with Crippen LogP contribution in [0.25, 0.3) is 10.9 Å². The summed E-state index contributed by atoms with van der Waals surface area (Å²) in [6, 6.07) is 8.81. The monoisotopic (exact) mass is 490 g/mol. The van der Waals surface area contributed by atoms with Crippen LogP contribution in [0.5, 0.6) is 0 Å². The predicted octanol–water partition coefficient (Wildman–Crippen LogP) is 2.85. The number of aliphatic carboxylic acids is 1. The quantitative estimate of drug-likeness (QED) is 0.423. The molecule has 0 radical (unpaired) electrons. The summed E-state index contributed by atoms with van der Waals surface area (Å²) in [5.74, 6) is 0.238. The van der Waals surface area contributed by atoms with Crippen molar-refractivity contribution in [2.45, 2.75) is 44.6 Å². The molecule has 190 valence electrons. The molecule has 0 spiro atoms. The van der Waals surface area contributed by atoms with E-state index in [4.69, 9.17) is 4.98 Å². The summed E-state index contributed by atoms with van der Waals surface area (Å²) in [5.41, 5.74) is 3.73. The Kier molecular flexibility index (Phi) is 7.18. The Morgan fingerprint density at radius 2 is 2.17 bits per heavy atom. The highest BCUT2D eigenvalue weighted by molar-refractivity contribution is 6.07. The van der Waals surface area contributed by atoms with Crippen LogP contribution < -0.4 is 10.6 Å². The van der Waals surface area contributed by atoms with Gasteiger partial charge in [0.05, 0.1) is 17.3 Å². The molecule has 2 aliphatic heterocycles. The number of carboxylic acids is 1. The molecule has 2 aliphatic rings. The summed E-state index contributed by atoms with van der Waals surface area (Å²) in [6.07, 6.45) is 7.42. The SMILES string of the molecule is Cn1ncc2c(C(=O)N[C@@H](CCN3CCC(CCc4ccc5c(n4)NCCC5)C3)C(=O)O)cccc21. The van der Waals surface area contributed by atoms with Gasteiger partial charge in [-0.05, 0) is 74.8 Å². The maximum atomic E-state index is 12.9. The largest absolute Gasteiger partial charge is 0.480 e. The second-order valence-corrected chi connectivity index (χ2v) is 9.99. The molecule has 4 heterocycles. The lowest BCUT2D eigenvalue weighted by atomic mass is 10.00. The van der Waals surface area contributed by atoms with Crippen LogP contribution in [0.4, 0.5) is 5.82 Å². The average molecular weight is 491 g/mol. The van der Waals surface area contributed by atoms with Gasteiger partial charge < -0.3 is 20.6 Å². The van der Waals surface area contributed by atoms with Crippen molar-refractivity contribution in [1.82, 2.24) is 25.0 Å². The average Bonchev–Trinajstić information content (AvgIpc) is 3.51. The molecule has 1 amide bonds. The molecular weight excluding hydrogens is 456 g/mol. The van der Waals surface area contributed by atoms with Crippen molar-refractivity contribution in [3.63, 3.8) is 0 Å². The maximum Gasteiger partial charge on any atom is 0.326 e. The fourth-order valence-electron chi connectivity index (χ4n) is 5.39. The topological polar surface area (TPSA) is 112 Å². The number of anilines is 1. The molecular formula is C27H34N6O3. The Bertz CT molecular complexity index is 1260. The number of carbonyl (C=O) groups is 2. The van der Waals surface area contributed by atoms with Gasteiger partial charge in [0.25, 0.3) is 5.91 Å². The number of nitrogens with zero attached hydrogens (tertiary/aromatic N) is 4. The third-order valence-electron chi connectivity index (χ3n) is 7.50. The molecule has 3 N–H and O–H groups in total. The maximum absolute atomic E-state index is 12.9. The summed E-state index contributed by atoms with van der Waals surface area (Å²) in [6.45, 7) is 3.56. The molecule has 1 unspecified atom stereocenters. The molecule has 5 rings (SSSR count). The number of aromatic nitrogens is 3. The summed E-state index contributed by atoms with van der Waals surface area (Å²) >= 11 is 0. The molecule has 2 atom stereocenters. The number of rotatable bonds is 9. The first-order valence-electron chi connectivity index (χ1n) is 12.9. The van der Waals surface area contributed by atoms with E-state index in [0.717, 1.165) is 62.3 Å².